The standard InChI is InChI=1S/C24H28N2O5S/c1-18-12-19(2)15-26(14-18)32(28,29)23-9-3-6-20(13-23)24(27)25(16-21-7-4-10-30-21)17-22-8-5-11-31-22/h3-11,13,18-19H,12,14-17H2,1-2H3. The highest BCUT2D eigenvalue weighted by atomic mass is 32.2. The molecule has 32 heavy (non-hydrogen) atoms. The topological polar surface area (TPSA) is 84.0 Å². The molecule has 1 aliphatic heterocycles. The van der Waals surface area contributed by atoms with Crippen molar-refractivity contribution in [2.75, 3.05) is 13.1 Å². The van der Waals surface area contributed by atoms with Gasteiger partial charge in [-0.25, -0.2) is 8.42 Å². The van der Waals surface area contributed by atoms with Crippen molar-refractivity contribution in [3.05, 3.63) is 78.1 Å². The van der Waals surface area contributed by atoms with Crippen LogP contribution in [0.25, 0.3) is 0 Å². The van der Waals surface area contributed by atoms with Crippen LogP contribution in [0.2, 0.25) is 0 Å². The number of amides is 1. The Morgan fingerprint density at radius 3 is 2.09 bits per heavy atom. The molecule has 0 spiro atoms. The van der Waals surface area contributed by atoms with Gasteiger partial charge in [0.25, 0.3) is 5.91 Å². The molecule has 3 aromatic rings. The Bertz CT molecular complexity index is 1090. The summed E-state index contributed by atoms with van der Waals surface area (Å²) in [6.45, 7) is 5.61. The molecule has 2 aromatic heterocycles. The molecule has 3 heterocycles. The zero-order valence-electron chi connectivity index (χ0n) is 18.3. The fourth-order valence-corrected chi connectivity index (χ4v) is 6.03. The smallest absolute Gasteiger partial charge is 0.254 e. The van der Waals surface area contributed by atoms with E-state index in [1.165, 1.54) is 6.07 Å². The van der Waals surface area contributed by atoms with Crippen LogP contribution in [-0.2, 0) is 23.1 Å². The average molecular weight is 457 g/mol. The van der Waals surface area contributed by atoms with E-state index in [-0.39, 0.29) is 23.9 Å². The van der Waals surface area contributed by atoms with Crippen LogP contribution in [0.4, 0.5) is 0 Å². The van der Waals surface area contributed by atoms with Crippen molar-refractivity contribution in [1.29, 1.82) is 0 Å². The molecule has 4 rings (SSSR count). The van der Waals surface area contributed by atoms with Crippen LogP contribution in [0.15, 0.2) is 74.8 Å². The van der Waals surface area contributed by atoms with Crippen molar-refractivity contribution >= 4 is 15.9 Å². The molecule has 2 atom stereocenters. The lowest BCUT2D eigenvalue weighted by atomic mass is 9.94. The van der Waals surface area contributed by atoms with Crippen molar-refractivity contribution in [3.63, 3.8) is 0 Å². The molecular formula is C24H28N2O5S. The molecule has 2 unspecified atom stereocenters. The first-order valence-corrected chi connectivity index (χ1v) is 12.2. The number of nitrogens with zero attached hydrogens (tertiary/aromatic N) is 2. The largest absolute Gasteiger partial charge is 0.467 e. The second-order valence-electron chi connectivity index (χ2n) is 8.62. The number of hydrogen-bond donors (Lipinski definition) is 0. The zero-order chi connectivity index (χ0) is 22.7. The van der Waals surface area contributed by atoms with Crippen LogP contribution < -0.4 is 0 Å². The summed E-state index contributed by atoms with van der Waals surface area (Å²) in [5.74, 6) is 1.57. The minimum atomic E-state index is -3.68. The third-order valence-electron chi connectivity index (χ3n) is 5.69. The summed E-state index contributed by atoms with van der Waals surface area (Å²) in [7, 11) is -3.68. The van der Waals surface area contributed by atoms with Gasteiger partial charge in [-0.3, -0.25) is 4.79 Å². The summed E-state index contributed by atoms with van der Waals surface area (Å²) in [6.07, 6.45) is 4.12. The number of furan rings is 2. The van der Waals surface area contributed by atoms with Gasteiger partial charge in [-0.2, -0.15) is 4.31 Å². The predicted octanol–water partition coefficient (Wildman–Crippen LogP) is 4.38. The van der Waals surface area contributed by atoms with Crippen molar-refractivity contribution in [1.82, 2.24) is 9.21 Å². The van der Waals surface area contributed by atoms with Crippen molar-refractivity contribution in [2.45, 2.75) is 38.3 Å². The molecule has 170 valence electrons. The maximum atomic E-state index is 13.4. The lowest BCUT2D eigenvalue weighted by Gasteiger charge is -2.34. The molecule has 0 aliphatic carbocycles. The van der Waals surface area contributed by atoms with Crippen LogP contribution in [0, 0.1) is 11.8 Å². The molecule has 1 fully saturated rings. The lowest BCUT2D eigenvalue weighted by Crippen LogP contribution is -2.42. The summed E-state index contributed by atoms with van der Waals surface area (Å²) in [5.41, 5.74) is 0.308. The van der Waals surface area contributed by atoms with E-state index in [4.69, 9.17) is 8.83 Å². The average Bonchev–Trinajstić information content (AvgIpc) is 3.46. The van der Waals surface area contributed by atoms with Gasteiger partial charge >= 0.3 is 0 Å². The van der Waals surface area contributed by atoms with Gasteiger partial charge in [0.15, 0.2) is 0 Å². The molecule has 1 saturated heterocycles. The lowest BCUT2D eigenvalue weighted by molar-refractivity contribution is 0.0704. The SMILES string of the molecule is CC1CC(C)CN(S(=O)(=O)c2cccc(C(=O)N(Cc3ccco3)Cc3ccco3)c2)C1. The first kappa shape index (κ1) is 22.4. The van der Waals surface area contributed by atoms with E-state index in [1.807, 2.05) is 0 Å². The van der Waals surface area contributed by atoms with E-state index in [9.17, 15) is 13.2 Å². The Hall–Kier alpha value is -2.84. The summed E-state index contributed by atoms with van der Waals surface area (Å²) in [6, 6.07) is 13.4. The van der Waals surface area contributed by atoms with Crippen molar-refractivity contribution in [3.8, 4) is 0 Å². The van der Waals surface area contributed by atoms with Gasteiger partial charge in [0.05, 0.1) is 30.5 Å². The number of carbonyl (C=O) groups is 1. The fraction of sp³-hybridized carbons (Fsp3) is 0.375. The fourth-order valence-electron chi connectivity index (χ4n) is 4.30. The minimum Gasteiger partial charge on any atom is -0.467 e. The maximum absolute atomic E-state index is 13.4. The number of rotatable bonds is 7. The van der Waals surface area contributed by atoms with Gasteiger partial charge in [-0.15, -0.1) is 0 Å². The second kappa shape index (κ2) is 9.34. The highest BCUT2D eigenvalue weighted by molar-refractivity contribution is 7.89. The van der Waals surface area contributed by atoms with Gasteiger partial charge in [0, 0.05) is 18.7 Å². The van der Waals surface area contributed by atoms with Gasteiger partial charge in [-0.05, 0) is 60.7 Å². The Kier molecular flexibility index (Phi) is 6.53. The monoisotopic (exact) mass is 456 g/mol. The Morgan fingerprint density at radius 2 is 1.56 bits per heavy atom. The number of benzene rings is 1. The molecule has 1 aromatic carbocycles. The summed E-state index contributed by atoms with van der Waals surface area (Å²) in [5, 5.41) is 0. The van der Waals surface area contributed by atoms with E-state index in [2.05, 4.69) is 13.8 Å². The summed E-state index contributed by atoms with van der Waals surface area (Å²) >= 11 is 0. The summed E-state index contributed by atoms with van der Waals surface area (Å²) < 4.78 is 39.0. The first-order valence-electron chi connectivity index (χ1n) is 10.8. The van der Waals surface area contributed by atoms with Crippen LogP contribution in [0.1, 0.15) is 42.1 Å². The maximum Gasteiger partial charge on any atom is 0.254 e. The Morgan fingerprint density at radius 1 is 0.969 bits per heavy atom. The molecular weight excluding hydrogens is 428 g/mol. The number of carbonyl (C=O) groups excluding carboxylic acids is 1. The number of hydrogen-bond acceptors (Lipinski definition) is 5. The van der Waals surface area contributed by atoms with E-state index in [1.54, 1.807) is 64.2 Å². The molecule has 1 aliphatic rings. The first-order chi connectivity index (χ1) is 15.3. The molecule has 8 heteroatoms. The molecule has 0 bridgehead atoms. The van der Waals surface area contributed by atoms with E-state index in [0.29, 0.717) is 42.0 Å². The van der Waals surface area contributed by atoms with Gasteiger partial charge in [0.2, 0.25) is 10.0 Å². The number of piperidine rings is 1. The van der Waals surface area contributed by atoms with Gasteiger partial charge < -0.3 is 13.7 Å². The quantitative estimate of drug-likeness (QED) is 0.527. The third kappa shape index (κ3) is 4.97. The molecule has 1 amide bonds. The van der Waals surface area contributed by atoms with Crippen LogP contribution >= 0.6 is 0 Å². The molecule has 0 radical (unpaired) electrons. The zero-order valence-corrected chi connectivity index (χ0v) is 19.1. The van der Waals surface area contributed by atoms with Crippen LogP contribution in [0.5, 0.6) is 0 Å². The number of sulfonamides is 1. The minimum absolute atomic E-state index is 0.139. The Balaban J connectivity index is 1.60. The molecule has 7 nitrogen and oxygen atoms in total. The normalized spacial score (nSPS) is 19.7. The predicted molar refractivity (Wildman–Crippen MR) is 119 cm³/mol. The van der Waals surface area contributed by atoms with E-state index in [0.717, 1.165) is 6.42 Å². The van der Waals surface area contributed by atoms with Crippen molar-refractivity contribution < 1.29 is 22.0 Å². The Labute approximate surface area is 188 Å². The van der Waals surface area contributed by atoms with Crippen LogP contribution in [0.3, 0.4) is 0 Å². The van der Waals surface area contributed by atoms with Gasteiger partial charge in [0.1, 0.15) is 11.5 Å². The molecule has 0 N–H and O–H groups in total. The highest BCUT2D eigenvalue weighted by Gasteiger charge is 2.32. The highest BCUT2D eigenvalue weighted by Crippen LogP contribution is 2.27. The van der Waals surface area contributed by atoms with Crippen molar-refractivity contribution in [2.24, 2.45) is 11.8 Å². The summed E-state index contributed by atoms with van der Waals surface area (Å²) in [4.78, 5) is 15.1. The van der Waals surface area contributed by atoms with Crippen LogP contribution in [-0.4, -0.2) is 36.6 Å². The second-order valence-corrected chi connectivity index (χ2v) is 10.6. The van der Waals surface area contributed by atoms with E-state index >= 15 is 0 Å². The van der Waals surface area contributed by atoms with Gasteiger partial charge in [-0.1, -0.05) is 19.9 Å². The van der Waals surface area contributed by atoms with E-state index < -0.39 is 10.0 Å². The third-order valence-corrected chi connectivity index (χ3v) is 7.52. The molecule has 0 saturated carbocycles.